The van der Waals surface area contributed by atoms with Gasteiger partial charge < -0.3 is 15.6 Å². The molecule has 0 saturated heterocycles. The smallest absolute Gasteiger partial charge is 0.227 e. The summed E-state index contributed by atoms with van der Waals surface area (Å²) in [5, 5.41) is 7.09. The molecule has 9 heteroatoms. The van der Waals surface area contributed by atoms with E-state index in [9.17, 15) is 4.79 Å². The van der Waals surface area contributed by atoms with Crippen LogP contribution >= 0.6 is 24.8 Å². The van der Waals surface area contributed by atoms with Crippen LogP contribution in [0.1, 0.15) is 42.3 Å². The van der Waals surface area contributed by atoms with Crippen molar-refractivity contribution in [1.29, 1.82) is 0 Å². The van der Waals surface area contributed by atoms with Gasteiger partial charge in [0.25, 0.3) is 0 Å². The van der Waals surface area contributed by atoms with Gasteiger partial charge in [-0.1, -0.05) is 11.2 Å². The number of aromatic nitrogens is 3. The van der Waals surface area contributed by atoms with E-state index in [2.05, 4.69) is 20.4 Å². The molecule has 1 aromatic carbocycles. The minimum atomic E-state index is -0.0201. The Labute approximate surface area is 181 Å². The summed E-state index contributed by atoms with van der Waals surface area (Å²) in [6.45, 7) is 0. The van der Waals surface area contributed by atoms with Gasteiger partial charge in [-0.15, -0.1) is 24.8 Å². The van der Waals surface area contributed by atoms with Crippen molar-refractivity contribution in [2.75, 3.05) is 5.73 Å². The summed E-state index contributed by atoms with van der Waals surface area (Å²) in [4.78, 5) is 20.7. The fraction of sp³-hybridized carbons (Fsp3) is 0.300. The predicted octanol–water partition coefficient (Wildman–Crippen LogP) is 3.68. The number of hydrogen-bond donors (Lipinski definition) is 2. The van der Waals surface area contributed by atoms with E-state index in [1.54, 1.807) is 12.4 Å². The number of halogens is 2. The van der Waals surface area contributed by atoms with E-state index in [4.69, 9.17) is 10.3 Å². The maximum atomic E-state index is 12.4. The summed E-state index contributed by atoms with van der Waals surface area (Å²) in [5.41, 5.74) is 9.87. The lowest BCUT2D eigenvalue weighted by Crippen LogP contribution is -2.31. The maximum Gasteiger partial charge on any atom is 0.227 e. The van der Waals surface area contributed by atoms with Crippen LogP contribution in [0.15, 0.2) is 47.2 Å². The molecule has 4 rings (SSSR count). The monoisotopic (exact) mass is 435 g/mol. The summed E-state index contributed by atoms with van der Waals surface area (Å²) < 4.78 is 5.25. The highest BCUT2D eigenvalue weighted by atomic mass is 35.5. The summed E-state index contributed by atoms with van der Waals surface area (Å²) in [5.74, 6) is 0.939. The number of fused-ring (bicyclic) bond motifs is 1. The Morgan fingerprint density at radius 2 is 2.00 bits per heavy atom. The average Bonchev–Trinajstić information content (AvgIpc) is 3.16. The van der Waals surface area contributed by atoms with Crippen LogP contribution in [0, 0.1) is 0 Å². The molecular formula is C20H23Cl2N5O2. The summed E-state index contributed by atoms with van der Waals surface area (Å²) >= 11 is 0. The van der Waals surface area contributed by atoms with Crippen molar-refractivity contribution in [3.63, 3.8) is 0 Å². The maximum absolute atomic E-state index is 12.4. The number of hydrogen-bond acceptors (Lipinski definition) is 6. The lowest BCUT2D eigenvalue weighted by atomic mass is 9.87. The zero-order valence-corrected chi connectivity index (χ0v) is 17.3. The molecule has 0 spiro atoms. The predicted molar refractivity (Wildman–Crippen MR) is 115 cm³/mol. The molecule has 0 radical (unpaired) electrons. The van der Waals surface area contributed by atoms with E-state index in [1.807, 2.05) is 30.3 Å². The van der Waals surface area contributed by atoms with Crippen molar-refractivity contribution < 1.29 is 9.32 Å². The van der Waals surface area contributed by atoms with Gasteiger partial charge in [0.2, 0.25) is 17.6 Å². The molecule has 0 fully saturated rings. The molecule has 1 unspecified atom stereocenters. The van der Waals surface area contributed by atoms with Crippen molar-refractivity contribution in [2.45, 2.75) is 38.1 Å². The topological polar surface area (TPSA) is 107 Å². The fourth-order valence-corrected chi connectivity index (χ4v) is 3.45. The van der Waals surface area contributed by atoms with Gasteiger partial charge in [0, 0.05) is 36.5 Å². The lowest BCUT2D eigenvalue weighted by molar-refractivity contribution is -0.122. The number of pyridine rings is 1. The molecule has 2 heterocycles. The molecule has 3 aromatic rings. The molecule has 154 valence electrons. The van der Waals surface area contributed by atoms with Crippen LogP contribution in [0.25, 0.3) is 11.4 Å². The second-order valence-corrected chi connectivity index (χ2v) is 6.72. The number of nitrogens with two attached hydrogens (primary N) is 1. The average molecular weight is 436 g/mol. The first-order chi connectivity index (χ1) is 13.2. The van der Waals surface area contributed by atoms with Crippen molar-refractivity contribution >= 4 is 36.4 Å². The molecule has 1 atom stereocenters. The highest BCUT2D eigenvalue weighted by Gasteiger charge is 2.22. The zero-order chi connectivity index (χ0) is 18.6. The molecule has 1 aliphatic rings. The van der Waals surface area contributed by atoms with Crippen LogP contribution in [-0.4, -0.2) is 21.0 Å². The largest absolute Gasteiger partial charge is 0.399 e. The van der Waals surface area contributed by atoms with E-state index in [0.717, 1.165) is 30.5 Å². The second kappa shape index (κ2) is 10.2. The summed E-state index contributed by atoms with van der Waals surface area (Å²) in [7, 11) is 0. The van der Waals surface area contributed by atoms with E-state index in [0.29, 0.717) is 24.6 Å². The molecule has 7 nitrogen and oxygen atoms in total. The van der Waals surface area contributed by atoms with Gasteiger partial charge >= 0.3 is 0 Å². The van der Waals surface area contributed by atoms with Gasteiger partial charge in [-0.2, -0.15) is 4.98 Å². The third-order valence-electron chi connectivity index (χ3n) is 4.79. The number of benzene rings is 1. The molecule has 3 N–H and O–H groups in total. The van der Waals surface area contributed by atoms with Gasteiger partial charge in [-0.05, 0) is 54.7 Å². The van der Waals surface area contributed by atoms with Crippen LogP contribution in [0.4, 0.5) is 5.69 Å². The Morgan fingerprint density at radius 3 is 2.79 bits per heavy atom. The summed E-state index contributed by atoms with van der Waals surface area (Å²) in [6, 6.07) is 9.59. The lowest BCUT2D eigenvalue weighted by Gasteiger charge is -2.26. The molecule has 2 aromatic heterocycles. The van der Waals surface area contributed by atoms with Gasteiger partial charge in [-0.3, -0.25) is 9.78 Å². The number of amides is 1. The number of aryl methyl sites for hydroxylation is 2. The van der Waals surface area contributed by atoms with Crippen molar-refractivity contribution in [1.82, 2.24) is 20.4 Å². The number of nitrogens with one attached hydrogen (secondary N) is 1. The van der Waals surface area contributed by atoms with Crippen LogP contribution in [0.2, 0.25) is 0 Å². The minimum absolute atomic E-state index is 0. The van der Waals surface area contributed by atoms with Crippen molar-refractivity contribution in [3.8, 4) is 11.4 Å². The molecule has 1 amide bonds. The highest BCUT2D eigenvalue weighted by Crippen LogP contribution is 2.31. The SMILES string of the molecule is Cl.Cl.Nc1ccc2c(c1)CCCC2NC(=O)CCc1nc(-c2ccncc2)no1. The molecule has 0 aliphatic heterocycles. The number of carbonyl (C=O) groups is 1. The van der Waals surface area contributed by atoms with E-state index >= 15 is 0 Å². The molecule has 0 bridgehead atoms. The normalized spacial score (nSPS) is 14.8. The van der Waals surface area contributed by atoms with Gasteiger partial charge in [0.05, 0.1) is 6.04 Å². The van der Waals surface area contributed by atoms with Crippen LogP contribution in [0.3, 0.4) is 0 Å². The number of anilines is 1. The molecular weight excluding hydrogens is 413 g/mol. The Kier molecular flexibility index (Phi) is 7.99. The third-order valence-corrected chi connectivity index (χ3v) is 4.79. The first kappa shape index (κ1) is 22.6. The van der Waals surface area contributed by atoms with Crippen LogP contribution < -0.4 is 11.1 Å². The minimum Gasteiger partial charge on any atom is -0.399 e. The van der Waals surface area contributed by atoms with E-state index in [-0.39, 0.29) is 36.8 Å². The molecule has 1 aliphatic carbocycles. The fourth-order valence-electron chi connectivity index (χ4n) is 3.45. The second-order valence-electron chi connectivity index (χ2n) is 6.72. The first-order valence-electron chi connectivity index (χ1n) is 9.10. The van der Waals surface area contributed by atoms with Gasteiger partial charge in [0.1, 0.15) is 0 Å². The zero-order valence-electron chi connectivity index (χ0n) is 15.7. The van der Waals surface area contributed by atoms with Crippen molar-refractivity contribution in [3.05, 3.63) is 59.7 Å². The number of rotatable bonds is 5. The number of nitrogens with zero attached hydrogens (tertiary/aromatic N) is 3. The third kappa shape index (κ3) is 5.46. The molecule has 29 heavy (non-hydrogen) atoms. The van der Waals surface area contributed by atoms with Gasteiger partial charge in [-0.25, -0.2) is 0 Å². The first-order valence-corrected chi connectivity index (χ1v) is 9.10. The highest BCUT2D eigenvalue weighted by molar-refractivity contribution is 5.85. The summed E-state index contributed by atoms with van der Waals surface area (Å²) in [6.07, 6.45) is 7.05. The quantitative estimate of drug-likeness (QED) is 0.591. The van der Waals surface area contributed by atoms with E-state index < -0.39 is 0 Å². The van der Waals surface area contributed by atoms with E-state index in [1.165, 1.54) is 11.1 Å². The van der Waals surface area contributed by atoms with Crippen molar-refractivity contribution in [2.24, 2.45) is 0 Å². The van der Waals surface area contributed by atoms with Gasteiger partial charge in [0.15, 0.2) is 0 Å². The molecule has 0 saturated carbocycles. The van der Waals surface area contributed by atoms with Crippen LogP contribution in [-0.2, 0) is 17.6 Å². The Hall–Kier alpha value is -2.64. The Morgan fingerprint density at radius 1 is 1.21 bits per heavy atom. The number of nitrogen functional groups attached to an aromatic ring is 1. The Balaban J connectivity index is 0.00000150. The van der Waals surface area contributed by atoms with Crippen LogP contribution in [0.5, 0.6) is 0 Å². The Bertz CT molecular complexity index is 949. The standard InChI is InChI=1S/C20H21N5O2.2ClH/c21-15-4-5-16-14(12-15)2-1-3-17(16)23-18(26)6-7-19-24-20(25-27-19)13-8-10-22-11-9-13;;/h4-5,8-12,17H,1-3,6-7,21H2,(H,23,26);2*1H. The number of carbonyl (C=O) groups excluding carboxylic acids is 1.